The molecule has 6 aromatic carbocycles. The average Bonchev–Trinajstić information content (AvgIpc) is 1.54. The molecular formula is C94H112BBrN12O10. The second kappa shape index (κ2) is 30.5. The van der Waals surface area contributed by atoms with E-state index in [0.717, 1.165) is 174 Å². The first-order valence-corrected chi connectivity index (χ1v) is 43.4. The predicted molar refractivity (Wildman–Crippen MR) is 462 cm³/mol. The van der Waals surface area contributed by atoms with Crippen LogP contribution in [0.1, 0.15) is 245 Å². The summed E-state index contributed by atoms with van der Waals surface area (Å²) in [5.74, 6) is 4.15. The zero-order valence-electron chi connectivity index (χ0n) is 71.1. The van der Waals surface area contributed by atoms with Gasteiger partial charge in [0.05, 0.1) is 75.5 Å². The number of rotatable bonds is 8. The number of benzene rings is 6. The maximum Gasteiger partial charge on any atom is 0.494 e. The van der Waals surface area contributed by atoms with Crippen LogP contribution in [-0.2, 0) is 53.9 Å². The Morgan fingerprint density at radius 2 is 0.822 bits per heavy atom. The Balaban J connectivity index is 0.000000141. The topological polar surface area (TPSA) is 251 Å². The van der Waals surface area contributed by atoms with Crippen LogP contribution in [0, 0.1) is 11.8 Å². The molecule has 9 aliphatic rings. The van der Waals surface area contributed by atoms with Crippen molar-refractivity contribution in [1.82, 2.24) is 59.5 Å². The van der Waals surface area contributed by atoms with Gasteiger partial charge in [0.25, 0.3) is 0 Å². The van der Waals surface area contributed by atoms with E-state index in [4.69, 9.17) is 43.2 Å². The van der Waals surface area contributed by atoms with E-state index in [1.54, 1.807) is 16.0 Å². The molecule has 5 aliphatic heterocycles. The predicted octanol–water partition coefficient (Wildman–Crippen LogP) is 20.9. The number of amides is 4. The van der Waals surface area contributed by atoms with Crippen LogP contribution in [-0.4, -0.2) is 150 Å². The number of aromatic nitrogens is 8. The first-order chi connectivity index (χ1) is 55.9. The van der Waals surface area contributed by atoms with Gasteiger partial charge >= 0.3 is 31.5 Å². The van der Waals surface area contributed by atoms with Gasteiger partial charge in [0.2, 0.25) is 0 Å². The largest absolute Gasteiger partial charge is 0.494 e. The molecule has 0 unspecified atom stereocenters. The zero-order valence-corrected chi connectivity index (χ0v) is 72.7. The summed E-state index contributed by atoms with van der Waals surface area (Å²) in [6, 6.07) is 40.1. The number of ether oxygens (including phenoxy) is 4. The number of hydrogen-bond donors (Lipinski definition) is 4. The molecule has 4 amide bonds. The molecule has 0 radical (unpaired) electrons. The Morgan fingerprint density at radius 3 is 1.25 bits per heavy atom. The number of nitrogens with one attached hydrogen (secondary N) is 4. The second-order valence-corrected chi connectivity index (χ2v) is 39.8. The van der Waals surface area contributed by atoms with E-state index in [1.807, 2.05) is 99.1 Å². The summed E-state index contributed by atoms with van der Waals surface area (Å²) in [7, 11) is -0.346. The van der Waals surface area contributed by atoms with Crippen molar-refractivity contribution in [2.75, 3.05) is 13.1 Å². The van der Waals surface area contributed by atoms with Gasteiger partial charge in [-0.2, -0.15) is 0 Å². The van der Waals surface area contributed by atoms with Gasteiger partial charge < -0.3 is 48.2 Å². The third kappa shape index (κ3) is 16.2. The molecule has 22 nitrogen and oxygen atoms in total. The fourth-order valence-corrected chi connectivity index (χ4v) is 19.6. The number of aromatic amines is 4. The molecule has 2 saturated carbocycles. The van der Waals surface area contributed by atoms with E-state index in [2.05, 4.69) is 178 Å². The number of carbonyl (C=O) groups is 4. The third-order valence-corrected chi connectivity index (χ3v) is 25.8. The summed E-state index contributed by atoms with van der Waals surface area (Å²) in [5.41, 5.74) is 19.4. The summed E-state index contributed by atoms with van der Waals surface area (Å²) in [6.45, 7) is 32.6. The number of H-pyrrole nitrogens is 4. The Bertz CT molecular complexity index is 5520. The molecule has 4 N–H and O–H groups in total. The summed E-state index contributed by atoms with van der Waals surface area (Å²) in [6.07, 6.45) is 16.5. The van der Waals surface area contributed by atoms with Gasteiger partial charge in [0.15, 0.2) is 0 Å². The van der Waals surface area contributed by atoms with Crippen LogP contribution < -0.4 is 5.46 Å². The van der Waals surface area contributed by atoms with Crippen molar-refractivity contribution in [1.29, 1.82) is 0 Å². The first-order valence-electron chi connectivity index (χ1n) is 42.6. The van der Waals surface area contributed by atoms with Gasteiger partial charge in [-0.05, 0) is 337 Å². The van der Waals surface area contributed by atoms with E-state index in [-0.39, 0.29) is 78.9 Å². The van der Waals surface area contributed by atoms with Gasteiger partial charge in [-0.25, -0.2) is 39.1 Å². The van der Waals surface area contributed by atoms with Crippen molar-refractivity contribution in [2.24, 2.45) is 11.8 Å². The Morgan fingerprint density at radius 1 is 0.441 bits per heavy atom. The molecule has 4 aromatic heterocycles. The maximum atomic E-state index is 13.3. The molecular weight excluding hydrogens is 1550 g/mol. The normalized spacial score (nSPS) is 22.7. The first kappa shape index (κ1) is 80.6. The molecule has 618 valence electrons. The molecule has 4 aliphatic carbocycles. The fraction of sp³-hybridized carbons (Fsp3) is 0.489. The van der Waals surface area contributed by atoms with E-state index in [9.17, 15) is 19.2 Å². The van der Waals surface area contributed by atoms with E-state index < -0.39 is 22.4 Å². The summed E-state index contributed by atoms with van der Waals surface area (Å²) in [5, 5.41) is 0. The van der Waals surface area contributed by atoms with Crippen LogP contribution in [0.4, 0.5) is 19.2 Å². The van der Waals surface area contributed by atoms with Crippen LogP contribution in [0.3, 0.4) is 0 Å². The van der Waals surface area contributed by atoms with Gasteiger partial charge in [0.1, 0.15) is 50.3 Å². The van der Waals surface area contributed by atoms with Crippen LogP contribution in [0.25, 0.3) is 77.8 Å². The molecule has 118 heavy (non-hydrogen) atoms. The minimum atomic E-state index is -0.540. The smallest absolute Gasteiger partial charge is 0.444 e. The van der Waals surface area contributed by atoms with Crippen molar-refractivity contribution in [3.05, 3.63) is 172 Å². The maximum absolute atomic E-state index is 13.3. The molecule has 19 rings (SSSR count). The van der Waals surface area contributed by atoms with E-state index >= 15 is 0 Å². The van der Waals surface area contributed by atoms with Crippen LogP contribution in [0.5, 0.6) is 0 Å². The van der Waals surface area contributed by atoms with Crippen LogP contribution >= 0.6 is 15.9 Å². The average molecular weight is 1660 g/mol. The SMILES string of the molecule is CC(C)(C)OC(=O)N1CCC[C@H]1c1ncc(-c2ccc3c(c2)CCc2cc(-c4ccc5nc([C@@H]6[C@H]7CC[C@H](C7)N6C(=O)OC(C)(C)C)[nH]c5c4)ccc2-3)[nH]1.CC(C)(C)OC(=O)N1CCC[C@H]1c1ncc(Br)[nH]1.CC(C)(C)OC(=O)N1[C@@H]2CC[C@@H](C2)[C@H]1c1nc2ccc(-c3ccc4c(c3)CCc3cc(B5OC(C)(C)C(C)(C)O5)ccc3-4)cc2[nH]1. The lowest BCUT2D eigenvalue weighted by molar-refractivity contribution is 0.00526. The molecule has 4 bridgehead atoms. The Kier molecular flexibility index (Phi) is 20.8. The van der Waals surface area contributed by atoms with Gasteiger partial charge in [0, 0.05) is 25.2 Å². The monoisotopic (exact) mass is 1660 g/mol. The number of aryl methyl sites for hydroxylation is 4. The van der Waals surface area contributed by atoms with Crippen molar-refractivity contribution < 1.29 is 47.4 Å². The van der Waals surface area contributed by atoms with Gasteiger partial charge in [-0.1, -0.05) is 78.9 Å². The van der Waals surface area contributed by atoms with Gasteiger partial charge in [-0.3, -0.25) is 19.6 Å². The third-order valence-electron chi connectivity index (χ3n) is 25.3. The number of imidazole rings is 4. The molecule has 9 heterocycles. The number of hydrogen-bond acceptors (Lipinski definition) is 14. The van der Waals surface area contributed by atoms with Crippen molar-refractivity contribution in [3.8, 4) is 55.8 Å². The second-order valence-electron chi connectivity index (χ2n) is 38.9. The molecule has 10 aromatic rings. The molecule has 7 fully saturated rings. The number of carbonyl (C=O) groups excluding carboxylic acids is 4. The minimum Gasteiger partial charge on any atom is -0.444 e. The zero-order chi connectivity index (χ0) is 83.0. The number of likely N-dealkylation sites (tertiary alicyclic amines) is 4. The summed E-state index contributed by atoms with van der Waals surface area (Å²) in [4.78, 5) is 91.9. The van der Waals surface area contributed by atoms with E-state index in [0.29, 0.717) is 18.4 Å². The van der Waals surface area contributed by atoms with Crippen LogP contribution in [0.15, 0.2) is 126 Å². The minimum absolute atomic E-state index is 0.00819. The lowest BCUT2D eigenvalue weighted by atomic mass is 9.75. The van der Waals surface area contributed by atoms with Crippen molar-refractivity contribution in [3.63, 3.8) is 0 Å². The molecule has 0 spiro atoms. The standard InChI is InChI=1S/C44H50N6O4.C38H44BN3O4.C12H18BrN3O2/c1-43(2,3)53-41(51)49-19-7-8-37(49)39-45-24-36(48-39)29-13-17-33-28(21-29)10-9-27-20-25(12-16-32(27)33)26-14-18-34-35(23-26)47-40(46-34)38-30-11-15-31(22-30)50(38)42(52)54-44(4,5)6;1-36(2,3)44-35(43)42-28-14-10-26(20-28)33(42)34-40-31-17-12-23(21-32(31)41-34)22-11-15-29-24(18-22)8-9-25-19-27(13-16-30(25)29)39-45-37(4,5)38(6,7)46-39;1-12(2,3)18-11(17)16-6-4-5-8(16)10-14-7-9(13)15-10/h12-14,16-18,20-21,23-24,30-31,37-38H,7-11,15,19,22H2,1-6H3,(H,45,48)(H,46,47);11-13,15-19,21,26,28,33H,8-10,14,20H2,1-7H3,(H,40,41);7-8H,4-6H2,1-3H3,(H,14,15)/t30-,31+,37-,38-;26-,28+,33-;8-/m000/s1. The number of piperidine rings is 2. The van der Waals surface area contributed by atoms with Crippen molar-refractivity contribution in [2.45, 2.75) is 271 Å². The van der Waals surface area contributed by atoms with Crippen molar-refractivity contribution >= 4 is 75.0 Å². The highest BCUT2D eigenvalue weighted by Gasteiger charge is 2.54. The fourth-order valence-electron chi connectivity index (χ4n) is 19.3. The number of fused-ring (bicyclic) bond motifs is 12. The number of halogens is 1. The number of nitrogens with zero attached hydrogens (tertiary/aromatic N) is 8. The Labute approximate surface area is 700 Å². The highest BCUT2D eigenvalue weighted by molar-refractivity contribution is 9.10. The highest BCUT2D eigenvalue weighted by atomic mass is 79.9. The van der Waals surface area contributed by atoms with E-state index in [1.165, 1.54) is 55.6 Å². The lowest BCUT2D eigenvalue weighted by Gasteiger charge is -2.35. The summed E-state index contributed by atoms with van der Waals surface area (Å²) < 4.78 is 36.2. The summed E-state index contributed by atoms with van der Waals surface area (Å²) >= 11 is 3.33. The Hall–Kier alpha value is -9.78. The molecule has 8 atom stereocenters. The highest BCUT2D eigenvalue weighted by Crippen LogP contribution is 2.53. The van der Waals surface area contributed by atoms with Crippen LogP contribution in [0.2, 0.25) is 0 Å². The molecule has 5 saturated heterocycles. The van der Waals surface area contributed by atoms with Gasteiger partial charge in [-0.15, -0.1) is 0 Å². The molecule has 24 heteroatoms. The quantitative estimate of drug-likeness (QED) is 0.0816. The lowest BCUT2D eigenvalue weighted by Crippen LogP contribution is -2.43.